The van der Waals surface area contributed by atoms with E-state index < -0.39 is 38.9 Å². The van der Waals surface area contributed by atoms with Gasteiger partial charge in [-0.25, -0.2) is 17.9 Å². The number of hydrogen-bond donors (Lipinski definition) is 2. The molecule has 0 bridgehead atoms. The Labute approximate surface area is 244 Å². The Balaban J connectivity index is 1.73. The van der Waals surface area contributed by atoms with Crippen molar-refractivity contribution in [2.75, 3.05) is 18.6 Å². The summed E-state index contributed by atoms with van der Waals surface area (Å²) in [5, 5.41) is 10.1. The summed E-state index contributed by atoms with van der Waals surface area (Å²) >= 11 is 6.48. The van der Waals surface area contributed by atoms with Crippen molar-refractivity contribution in [1.82, 2.24) is 25.2 Å². The number of carbonyl (C=O) groups excluding carboxylic acids is 2. The van der Waals surface area contributed by atoms with Crippen LogP contribution in [0.15, 0.2) is 54.7 Å². The van der Waals surface area contributed by atoms with Crippen LogP contribution in [-0.4, -0.2) is 58.9 Å². The van der Waals surface area contributed by atoms with E-state index in [2.05, 4.69) is 20.7 Å². The van der Waals surface area contributed by atoms with Gasteiger partial charge in [0.1, 0.15) is 15.4 Å². The van der Waals surface area contributed by atoms with E-state index in [1.54, 1.807) is 31.2 Å². The summed E-state index contributed by atoms with van der Waals surface area (Å²) < 4.78 is 65.2. The first-order valence-corrected chi connectivity index (χ1v) is 15.0. The first kappa shape index (κ1) is 29.5. The number of alkyl halides is 3. The molecule has 0 saturated carbocycles. The number of amides is 2. The summed E-state index contributed by atoms with van der Waals surface area (Å²) in [6.07, 6.45) is -2.78. The van der Waals surface area contributed by atoms with Gasteiger partial charge in [0.15, 0.2) is 11.3 Å². The summed E-state index contributed by atoms with van der Waals surface area (Å²) in [7, 11) is -1.85. The van der Waals surface area contributed by atoms with E-state index in [0.717, 1.165) is 12.1 Å². The average Bonchev–Trinajstić information content (AvgIpc) is 3.34. The molecule has 0 unspecified atom stereocenters. The third-order valence-electron chi connectivity index (χ3n) is 7.31. The maximum Gasteiger partial charge on any atom is 0.416 e. The Morgan fingerprint density at radius 2 is 1.64 bits per heavy atom. The highest BCUT2D eigenvalue weighted by atomic mass is 35.5. The molecular weight excluding hydrogens is 595 g/mol. The smallest absolute Gasteiger partial charge is 0.354 e. The third-order valence-corrected chi connectivity index (χ3v) is 9.29. The second kappa shape index (κ2) is 10.7. The van der Waals surface area contributed by atoms with Crippen molar-refractivity contribution < 1.29 is 31.2 Å². The van der Waals surface area contributed by atoms with Crippen LogP contribution >= 0.6 is 11.6 Å². The number of hydrogen-bond acceptors (Lipinski definition) is 6. The summed E-state index contributed by atoms with van der Waals surface area (Å²) in [4.78, 5) is 31.1. The van der Waals surface area contributed by atoms with Crippen LogP contribution in [-0.2, 0) is 16.0 Å². The number of carbonyl (C=O) groups is 2. The van der Waals surface area contributed by atoms with Gasteiger partial charge in [-0.05, 0) is 38.0 Å². The van der Waals surface area contributed by atoms with Gasteiger partial charge in [0.2, 0.25) is 0 Å². The lowest BCUT2D eigenvalue weighted by molar-refractivity contribution is -0.137. The average molecular weight is 620 g/mol. The third kappa shape index (κ3) is 5.58. The van der Waals surface area contributed by atoms with E-state index >= 15 is 0 Å². The molecule has 1 saturated heterocycles. The van der Waals surface area contributed by atoms with Crippen molar-refractivity contribution in [3.8, 4) is 22.4 Å². The Kier molecular flexibility index (Phi) is 7.52. The molecule has 1 fully saturated rings. The van der Waals surface area contributed by atoms with E-state index in [0.29, 0.717) is 21.7 Å². The molecule has 0 aliphatic carbocycles. The number of halogens is 4. The van der Waals surface area contributed by atoms with E-state index in [9.17, 15) is 31.2 Å². The Bertz CT molecular complexity index is 1810. The fraction of sp³-hybridized carbons (Fsp3) is 0.286. The SMILES string of the molecule is CNC(=O)c1nn2c(-c3ccc(C(F)(F)F)cc3)c(-c3ccccc3Cl)cnc2c1C(=O)NC1(C)CCS(=O)(=O)CC1. The van der Waals surface area contributed by atoms with E-state index in [1.807, 2.05) is 0 Å². The number of aromatic nitrogens is 3. The molecule has 0 atom stereocenters. The Morgan fingerprint density at radius 3 is 2.24 bits per heavy atom. The summed E-state index contributed by atoms with van der Waals surface area (Å²) in [6.45, 7) is 1.72. The van der Waals surface area contributed by atoms with Crippen LogP contribution in [0.3, 0.4) is 0 Å². The summed E-state index contributed by atoms with van der Waals surface area (Å²) in [5.41, 5.74) is -0.730. The van der Waals surface area contributed by atoms with Crippen molar-refractivity contribution in [2.24, 2.45) is 0 Å². The van der Waals surface area contributed by atoms with Gasteiger partial charge in [-0.2, -0.15) is 18.3 Å². The predicted molar refractivity (Wildman–Crippen MR) is 151 cm³/mol. The molecule has 220 valence electrons. The molecule has 2 aromatic heterocycles. The largest absolute Gasteiger partial charge is 0.416 e. The first-order valence-electron chi connectivity index (χ1n) is 12.8. The van der Waals surface area contributed by atoms with Crippen LogP contribution in [0.2, 0.25) is 5.02 Å². The molecule has 2 aromatic carbocycles. The minimum absolute atomic E-state index is 0.0242. The Morgan fingerprint density at radius 1 is 1.00 bits per heavy atom. The predicted octanol–water partition coefficient (Wildman–Crippen LogP) is 4.79. The van der Waals surface area contributed by atoms with Crippen LogP contribution in [0.25, 0.3) is 28.0 Å². The molecule has 0 radical (unpaired) electrons. The fourth-order valence-corrected chi connectivity index (χ4v) is 6.86. The van der Waals surface area contributed by atoms with Crippen LogP contribution in [0, 0.1) is 0 Å². The maximum atomic E-state index is 13.7. The zero-order chi connectivity index (χ0) is 30.4. The van der Waals surface area contributed by atoms with E-state index in [1.165, 1.54) is 29.9 Å². The van der Waals surface area contributed by atoms with Gasteiger partial charge in [-0.15, -0.1) is 0 Å². The zero-order valence-electron chi connectivity index (χ0n) is 22.4. The normalized spacial score (nSPS) is 16.2. The van der Waals surface area contributed by atoms with Crippen molar-refractivity contribution in [3.63, 3.8) is 0 Å². The highest BCUT2D eigenvalue weighted by molar-refractivity contribution is 7.91. The molecule has 5 rings (SSSR count). The molecular formula is C28H25ClF3N5O4S. The highest BCUT2D eigenvalue weighted by Crippen LogP contribution is 2.38. The number of benzene rings is 2. The van der Waals surface area contributed by atoms with Crippen LogP contribution in [0.1, 0.15) is 46.2 Å². The molecule has 4 aromatic rings. The van der Waals surface area contributed by atoms with E-state index in [-0.39, 0.29) is 46.9 Å². The van der Waals surface area contributed by atoms with Crippen LogP contribution in [0.5, 0.6) is 0 Å². The lowest BCUT2D eigenvalue weighted by atomic mass is 9.94. The molecule has 9 nitrogen and oxygen atoms in total. The quantitative estimate of drug-likeness (QED) is 0.331. The van der Waals surface area contributed by atoms with Crippen molar-refractivity contribution in [3.05, 3.63) is 76.6 Å². The minimum atomic E-state index is -4.56. The minimum Gasteiger partial charge on any atom is -0.354 e. The van der Waals surface area contributed by atoms with Crippen LogP contribution in [0.4, 0.5) is 13.2 Å². The number of fused-ring (bicyclic) bond motifs is 1. The van der Waals surface area contributed by atoms with Gasteiger partial charge in [-0.3, -0.25) is 9.59 Å². The second-order valence-corrected chi connectivity index (χ2v) is 13.0. The zero-order valence-corrected chi connectivity index (χ0v) is 24.0. The van der Waals surface area contributed by atoms with Crippen LogP contribution < -0.4 is 10.6 Å². The molecule has 0 spiro atoms. The second-order valence-electron chi connectivity index (χ2n) is 10.3. The number of nitrogens with zero attached hydrogens (tertiary/aromatic N) is 3. The van der Waals surface area contributed by atoms with Gasteiger partial charge in [0, 0.05) is 40.5 Å². The number of rotatable bonds is 5. The lowest BCUT2D eigenvalue weighted by Crippen LogP contribution is -2.51. The molecule has 42 heavy (non-hydrogen) atoms. The topological polar surface area (TPSA) is 123 Å². The maximum absolute atomic E-state index is 13.7. The van der Waals surface area contributed by atoms with Crippen molar-refractivity contribution in [2.45, 2.75) is 31.5 Å². The van der Waals surface area contributed by atoms with E-state index in [4.69, 9.17) is 11.6 Å². The van der Waals surface area contributed by atoms with Gasteiger partial charge in [0.25, 0.3) is 11.8 Å². The van der Waals surface area contributed by atoms with Crippen molar-refractivity contribution in [1.29, 1.82) is 0 Å². The first-order chi connectivity index (χ1) is 19.7. The molecule has 14 heteroatoms. The van der Waals surface area contributed by atoms with Gasteiger partial charge in [-0.1, -0.05) is 41.9 Å². The molecule has 3 heterocycles. The van der Waals surface area contributed by atoms with Gasteiger partial charge in [0.05, 0.1) is 22.8 Å². The summed E-state index contributed by atoms with van der Waals surface area (Å²) in [6, 6.07) is 11.2. The summed E-state index contributed by atoms with van der Waals surface area (Å²) in [5.74, 6) is -1.59. The van der Waals surface area contributed by atoms with Crippen molar-refractivity contribution >= 4 is 38.9 Å². The molecule has 1 aliphatic heterocycles. The fourth-order valence-electron chi connectivity index (χ4n) is 4.89. The van der Waals surface area contributed by atoms with Gasteiger partial charge < -0.3 is 10.6 Å². The number of nitrogens with one attached hydrogen (secondary N) is 2. The number of sulfone groups is 1. The molecule has 1 aliphatic rings. The lowest BCUT2D eigenvalue weighted by Gasteiger charge is -2.34. The highest BCUT2D eigenvalue weighted by Gasteiger charge is 2.37. The molecule has 2 N–H and O–H groups in total. The molecule has 2 amide bonds. The van der Waals surface area contributed by atoms with Gasteiger partial charge >= 0.3 is 6.18 Å². The monoisotopic (exact) mass is 619 g/mol. The standard InChI is InChI=1S/C28H25ClF3N5O4S/c1-27(11-13-42(40,41)14-12-27)35-25(38)21-22(26(39)33-2)36-37-23(16-7-9-17(10-8-16)28(30,31)32)19(15-34-24(21)37)18-5-3-4-6-20(18)29/h3-10,15H,11-14H2,1-2H3,(H,33,39)(H,35,38). The Hall–Kier alpha value is -3.97.